The van der Waals surface area contributed by atoms with Crippen LogP contribution in [0.15, 0.2) is 53.6 Å². The van der Waals surface area contributed by atoms with Gasteiger partial charge < -0.3 is 0 Å². The molecule has 2 aliphatic rings. The quantitative estimate of drug-likeness (QED) is 0.543. The number of aromatic nitrogens is 4. The Bertz CT molecular complexity index is 1020. The Morgan fingerprint density at radius 2 is 1.91 bits per heavy atom. The zero-order chi connectivity index (χ0) is 15.3. The van der Waals surface area contributed by atoms with Gasteiger partial charge in [0, 0.05) is 11.2 Å². The molecule has 0 atom stereocenters. The predicted molar refractivity (Wildman–Crippen MR) is 85.0 cm³/mol. The topological polar surface area (TPSA) is 52.2 Å². The van der Waals surface area contributed by atoms with E-state index in [9.17, 15) is 4.79 Å². The molecule has 0 radical (unpaired) electrons. The molecule has 0 unspecified atom stereocenters. The van der Waals surface area contributed by atoms with E-state index in [1.807, 2.05) is 29.7 Å². The van der Waals surface area contributed by atoms with Gasteiger partial charge in [0.25, 0.3) is 0 Å². The first kappa shape index (κ1) is 13.0. The minimum atomic E-state index is -0.334. The Morgan fingerprint density at radius 3 is 2.68 bits per heavy atom. The summed E-state index contributed by atoms with van der Waals surface area (Å²) in [7, 11) is 0. The average Bonchev–Trinajstić information content (AvgIpc) is 2.84. The van der Waals surface area contributed by atoms with Crippen LogP contribution in [0.25, 0.3) is 22.9 Å². The van der Waals surface area contributed by atoms with E-state index in [0.29, 0.717) is 22.2 Å². The van der Waals surface area contributed by atoms with Crippen molar-refractivity contribution in [2.45, 2.75) is 6.92 Å². The number of aryl methyl sites for hydroxylation is 1. The molecule has 1 aromatic carbocycles. The average molecular weight is 311 g/mol. The molecular formula is C16H11ClN4O. The largest absolute Gasteiger partial charge is 0.354 e. The van der Waals surface area contributed by atoms with Crippen molar-refractivity contribution in [2.24, 2.45) is 0 Å². The third-order valence-electron chi connectivity index (χ3n) is 3.59. The molecule has 6 heteroatoms. The van der Waals surface area contributed by atoms with Crippen LogP contribution in [-0.4, -0.2) is 18.9 Å². The van der Waals surface area contributed by atoms with Gasteiger partial charge >= 0.3 is 5.69 Å². The fraction of sp³-hybridized carbons (Fsp3) is 0.0625. The van der Waals surface area contributed by atoms with E-state index in [-0.39, 0.29) is 5.69 Å². The Hall–Kier alpha value is -2.66. The van der Waals surface area contributed by atoms with Crippen molar-refractivity contribution in [3.8, 4) is 17.2 Å². The molecule has 0 spiro atoms. The molecular weight excluding hydrogens is 300 g/mol. The maximum atomic E-state index is 12.3. The van der Waals surface area contributed by atoms with Gasteiger partial charge in [-0.3, -0.25) is 8.97 Å². The van der Waals surface area contributed by atoms with Crippen molar-refractivity contribution >= 4 is 17.2 Å². The Labute approximate surface area is 130 Å². The van der Waals surface area contributed by atoms with Crippen LogP contribution in [0.1, 0.15) is 5.56 Å². The molecule has 22 heavy (non-hydrogen) atoms. The third kappa shape index (κ3) is 1.90. The monoisotopic (exact) mass is 310 g/mol. The van der Waals surface area contributed by atoms with Gasteiger partial charge in [0.2, 0.25) is 0 Å². The summed E-state index contributed by atoms with van der Waals surface area (Å²) in [5, 5.41) is 0.619. The summed E-state index contributed by atoms with van der Waals surface area (Å²) >= 11 is 5.90. The number of hydrogen-bond donors (Lipinski definition) is 0. The predicted octanol–water partition coefficient (Wildman–Crippen LogP) is 2.95. The Kier molecular flexibility index (Phi) is 2.77. The fourth-order valence-electron chi connectivity index (χ4n) is 2.53. The van der Waals surface area contributed by atoms with E-state index in [2.05, 4.69) is 9.97 Å². The van der Waals surface area contributed by atoms with Gasteiger partial charge in [-0.05, 0) is 48.9 Å². The number of pyridine rings is 1. The highest BCUT2D eigenvalue weighted by atomic mass is 35.5. The van der Waals surface area contributed by atoms with Crippen LogP contribution >= 0.6 is 11.6 Å². The highest BCUT2D eigenvalue weighted by molar-refractivity contribution is 6.30. The summed E-state index contributed by atoms with van der Waals surface area (Å²) in [5.41, 5.74) is 2.90. The number of benzene rings is 1. The molecule has 0 N–H and O–H groups in total. The summed E-state index contributed by atoms with van der Waals surface area (Å²) < 4.78 is 3.35. The molecule has 108 valence electrons. The highest BCUT2D eigenvalue weighted by Crippen LogP contribution is 2.23. The van der Waals surface area contributed by atoms with Crippen LogP contribution in [0.2, 0.25) is 5.02 Å². The third-order valence-corrected chi connectivity index (χ3v) is 3.84. The highest BCUT2D eigenvalue weighted by Gasteiger charge is 2.19. The fourth-order valence-corrected chi connectivity index (χ4v) is 2.65. The molecule has 1 aromatic heterocycles. The zero-order valence-corrected chi connectivity index (χ0v) is 12.4. The van der Waals surface area contributed by atoms with Gasteiger partial charge in [0.1, 0.15) is 11.3 Å². The molecule has 0 amide bonds. The van der Waals surface area contributed by atoms with Gasteiger partial charge in [-0.1, -0.05) is 11.6 Å². The molecule has 4 rings (SSSR count). The van der Waals surface area contributed by atoms with Crippen LogP contribution < -0.4 is 5.69 Å². The van der Waals surface area contributed by atoms with Crippen molar-refractivity contribution in [3.05, 3.63) is 69.9 Å². The summed E-state index contributed by atoms with van der Waals surface area (Å²) in [5.74, 6) is 0.588. The van der Waals surface area contributed by atoms with Crippen molar-refractivity contribution < 1.29 is 0 Å². The van der Waals surface area contributed by atoms with Gasteiger partial charge in [0.05, 0.1) is 11.9 Å². The second-order valence-electron chi connectivity index (χ2n) is 5.11. The molecule has 5 nitrogen and oxygen atoms in total. The molecule has 0 saturated heterocycles. The summed E-state index contributed by atoms with van der Waals surface area (Å²) in [6, 6.07) is 11.0. The van der Waals surface area contributed by atoms with Gasteiger partial charge in [-0.2, -0.15) is 4.98 Å². The first-order chi connectivity index (χ1) is 10.6. The van der Waals surface area contributed by atoms with Crippen LogP contribution in [0.5, 0.6) is 0 Å². The van der Waals surface area contributed by atoms with Crippen molar-refractivity contribution in [1.82, 2.24) is 18.9 Å². The van der Waals surface area contributed by atoms with Crippen LogP contribution in [0.4, 0.5) is 0 Å². The molecule has 3 heterocycles. The summed E-state index contributed by atoms with van der Waals surface area (Å²) in [4.78, 5) is 20.9. The van der Waals surface area contributed by atoms with E-state index in [0.717, 1.165) is 11.2 Å². The second kappa shape index (κ2) is 4.68. The van der Waals surface area contributed by atoms with Crippen molar-refractivity contribution in [3.63, 3.8) is 0 Å². The first-order valence-corrected chi connectivity index (χ1v) is 7.14. The lowest BCUT2D eigenvalue weighted by atomic mass is 10.2. The lowest BCUT2D eigenvalue weighted by Crippen LogP contribution is -2.14. The maximum absolute atomic E-state index is 12.3. The number of fused-ring (bicyclic) bond motifs is 3. The molecule has 2 aliphatic heterocycles. The lowest BCUT2D eigenvalue weighted by molar-refractivity contribution is 0.995. The van der Waals surface area contributed by atoms with E-state index >= 15 is 0 Å². The number of nitrogens with zero attached hydrogens (tertiary/aromatic N) is 4. The van der Waals surface area contributed by atoms with Gasteiger partial charge in [-0.25, -0.2) is 9.78 Å². The minimum Gasteiger partial charge on any atom is -0.284 e. The number of imidazole rings is 1. The molecule has 0 saturated carbocycles. The number of halogens is 1. The van der Waals surface area contributed by atoms with Crippen molar-refractivity contribution in [1.29, 1.82) is 0 Å². The van der Waals surface area contributed by atoms with Crippen LogP contribution in [-0.2, 0) is 0 Å². The van der Waals surface area contributed by atoms with Crippen LogP contribution in [0, 0.1) is 6.92 Å². The van der Waals surface area contributed by atoms with E-state index in [1.54, 1.807) is 30.5 Å². The first-order valence-electron chi connectivity index (χ1n) is 6.76. The maximum Gasteiger partial charge on any atom is 0.354 e. The Balaban J connectivity index is 2.04. The van der Waals surface area contributed by atoms with Gasteiger partial charge in [0.15, 0.2) is 5.82 Å². The molecule has 0 bridgehead atoms. The normalized spacial score (nSPS) is 11.4. The minimum absolute atomic E-state index is 0.334. The standard InChI is InChI=1S/C16H11ClN4O/c1-10-6-7-20-14(8-10)18-9-13-15(20)19-16(22)21(13)12-4-2-11(17)3-5-12/h2-9H,1H3. The smallest absolute Gasteiger partial charge is 0.284 e. The molecule has 0 aliphatic carbocycles. The van der Waals surface area contributed by atoms with Gasteiger partial charge in [-0.15, -0.1) is 0 Å². The van der Waals surface area contributed by atoms with E-state index < -0.39 is 0 Å². The van der Waals surface area contributed by atoms with E-state index in [1.165, 1.54) is 4.57 Å². The zero-order valence-electron chi connectivity index (χ0n) is 11.7. The SMILES string of the molecule is Cc1ccn2c3nc(=O)n(-c4ccc(Cl)cc4)c-3cnc2c1. The molecule has 2 aromatic rings. The number of rotatable bonds is 1. The molecule has 0 fully saturated rings. The number of hydrogen-bond acceptors (Lipinski definition) is 3. The second-order valence-corrected chi connectivity index (χ2v) is 5.54. The van der Waals surface area contributed by atoms with Crippen molar-refractivity contribution in [2.75, 3.05) is 0 Å². The lowest BCUT2D eigenvalue weighted by Gasteiger charge is -2.09. The van der Waals surface area contributed by atoms with Crippen LogP contribution in [0.3, 0.4) is 0 Å². The van der Waals surface area contributed by atoms with E-state index in [4.69, 9.17) is 11.6 Å². The Morgan fingerprint density at radius 1 is 1.14 bits per heavy atom. The summed E-state index contributed by atoms with van der Waals surface area (Å²) in [6.45, 7) is 2.00. The summed E-state index contributed by atoms with van der Waals surface area (Å²) in [6.07, 6.45) is 3.55.